The molecule has 0 bridgehead atoms. The third-order valence-corrected chi connectivity index (χ3v) is 10.3. The van der Waals surface area contributed by atoms with E-state index in [-0.39, 0.29) is 0 Å². The number of hydrogen-bond acceptors (Lipinski definition) is 4. The Bertz CT molecular complexity index is 2260. The van der Waals surface area contributed by atoms with Gasteiger partial charge < -0.3 is 4.90 Å². The van der Waals surface area contributed by atoms with Crippen molar-refractivity contribution in [2.24, 2.45) is 0 Å². The Morgan fingerprint density at radius 3 is 2.17 bits per heavy atom. The number of nitrogens with zero attached hydrogens (tertiary/aromatic N) is 2. The van der Waals surface area contributed by atoms with Crippen LogP contribution in [0.5, 0.6) is 0 Å². The number of fused-ring (bicyclic) bond motifs is 6. The summed E-state index contributed by atoms with van der Waals surface area (Å²) in [6.45, 7) is 0. The molecule has 2 aromatic heterocycles. The highest BCUT2D eigenvalue weighted by Gasteiger charge is 2.28. The van der Waals surface area contributed by atoms with Crippen LogP contribution >= 0.6 is 22.7 Å². The van der Waals surface area contributed by atoms with Crippen molar-refractivity contribution in [1.82, 2.24) is 4.98 Å². The van der Waals surface area contributed by atoms with E-state index in [0.29, 0.717) is 0 Å². The summed E-state index contributed by atoms with van der Waals surface area (Å²) < 4.78 is 2.61. The summed E-state index contributed by atoms with van der Waals surface area (Å²) in [5.41, 5.74) is 8.26. The Morgan fingerprint density at radius 1 is 0.537 bits per heavy atom. The highest BCUT2D eigenvalue weighted by Crippen LogP contribution is 2.54. The van der Waals surface area contributed by atoms with Crippen molar-refractivity contribution >= 4 is 70.7 Å². The van der Waals surface area contributed by atoms with Gasteiger partial charge in [-0.25, -0.2) is 4.98 Å². The molecule has 1 aliphatic rings. The maximum absolute atomic E-state index is 5.17. The minimum atomic E-state index is 1.07. The highest BCUT2D eigenvalue weighted by atomic mass is 32.1. The predicted octanol–water partition coefficient (Wildman–Crippen LogP) is 11.4. The first-order valence-electron chi connectivity index (χ1n) is 13.7. The minimum Gasteiger partial charge on any atom is -0.310 e. The zero-order valence-electron chi connectivity index (χ0n) is 21.9. The molecule has 9 rings (SSSR count). The molecule has 2 nitrogen and oxygen atoms in total. The molecule has 0 aliphatic heterocycles. The minimum absolute atomic E-state index is 1.07. The van der Waals surface area contributed by atoms with Crippen LogP contribution in [0.4, 0.5) is 17.1 Å². The average Bonchev–Trinajstić information content (AvgIpc) is 3.71. The third-order valence-electron chi connectivity index (χ3n) is 8.00. The molecule has 1 aliphatic carbocycles. The van der Waals surface area contributed by atoms with Gasteiger partial charge >= 0.3 is 0 Å². The molecule has 0 fully saturated rings. The van der Waals surface area contributed by atoms with Gasteiger partial charge in [-0.15, -0.1) is 22.7 Å². The van der Waals surface area contributed by atoms with Gasteiger partial charge in [-0.1, -0.05) is 91.0 Å². The number of anilines is 3. The largest absolute Gasteiger partial charge is 0.310 e. The molecular weight excluding hydrogens is 537 g/mol. The van der Waals surface area contributed by atoms with E-state index in [1.165, 1.54) is 58.2 Å². The summed E-state index contributed by atoms with van der Waals surface area (Å²) in [6.07, 6.45) is 0. The lowest BCUT2D eigenvalue weighted by Crippen LogP contribution is -2.10. The van der Waals surface area contributed by atoms with Crippen LogP contribution in [-0.4, -0.2) is 4.98 Å². The monoisotopic (exact) mass is 558 g/mol. The molecule has 2 heterocycles. The van der Waals surface area contributed by atoms with E-state index < -0.39 is 0 Å². The first kappa shape index (κ1) is 23.0. The van der Waals surface area contributed by atoms with Gasteiger partial charge in [-0.3, -0.25) is 0 Å². The lowest BCUT2D eigenvalue weighted by Gasteiger charge is -2.27. The van der Waals surface area contributed by atoms with Crippen LogP contribution in [0, 0.1) is 0 Å². The number of thiazole rings is 1. The topological polar surface area (TPSA) is 16.1 Å². The van der Waals surface area contributed by atoms with Crippen molar-refractivity contribution in [1.29, 1.82) is 0 Å². The fourth-order valence-electron chi connectivity index (χ4n) is 6.25. The van der Waals surface area contributed by atoms with Crippen LogP contribution in [0.2, 0.25) is 0 Å². The molecule has 192 valence electrons. The molecule has 0 amide bonds. The lowest BCUT2D eigenvalue weighted by atomic mass is 10.0. The second-order valence-corrected chi connectivity index (χ2v) is 12.5. The molecule has 8 aromatic rings. The third kappa shape index (κ3) is 3.45. The summed E-state index contributed by atoms with van der Waals surface area (Å²) in [7, 11) is 0. The summed E-state index contributed by atoms with van der Waals surface area (Å²) in [4.78, 5) is 8.85. The maximum atomic E-state index is 5.17. The van der Waals surface area contributed by atoms with Crippen molar-refractivity contribution < 1.29 is 0 Å². The zero-order chi connectivity index (χ0) is 26.9. The zero-order valence-corrected chi connectivity index (χ0v) is 23.5. The first-order chi connectivity index (χ1) is 20.3. The van der Waals surface area contributed by atoms with Crippen LogP contribution in [0.1, 0.15) is 0 Å². The SMILES string of the molecule is c1ccc(-c2nc3c(s2)-c2cc(N(c4ccccc4)c4cccc5sc6ccccc6c45)cc4cccc-3c24)cc1. The Labute approximate surface area is 245 Å². The molecular formula is C37H22N2S2. The summed E-state index contributed by atoms with van der Waals surface area (Å²) in [5.74, 6) is 0. The van der Waals surface area contributed by atoms with E-state index in [4.69, 9.17) is 4.98 Å². The molecule has 4 heteroatoms. The number of rotatable bonds is 4. The van der Waals surface area contributed by atoms with Crippen LogP contribution in [-0.2, 0) is 0 Å². The van der Waals surface area contributed by atoms with Crippen molar-refractivity contribution in [3.8, 4) is 32.3 Å². The van der Waals surface area contributed by atoms with Crippen molar-refractivity contribution in [3.05, 3.63) is 133 Å². The summed E-state index contributed by atoms with van der Waals surface area (Å²) >= 11 is 3.65. The quantitative estimate of drug-likeness (QED) is 0.214. The number of hydrogen-bond donors (Lipinski definition) is 0. The molecule has 0 unspecified atom stereocenters. The van der Waals surface area contributed by atoms with Gasteiger partial charge in [0.15, 0.2) is 0 Å². The van der Waals surface area contributed by atoms with Crippen LogP contribution in [0.15, 0.2) is 133 Å². The fourth-order valence-corrected chi connectivity index (χ4v) is 8.49. The molecule has 41 heavy (non-hydrogen) atoms. The van der Waals surface area contributed by atoms with E-state index in [1.54, 1.807) is 11.3 Å². The first-order valence-corrected chi connectivity index (χ1v) is 15.4. The van der Waals surface area contributed by atoms with Crippen LogP contribution in [0.3, 0.4) is 0 Å². The van der Waals surface area contributed by atoms with Gasteiger partial charge in [0.1, 0.15) is 5.01 Å². The molecule has 0 spiro atoms. The number of thiophene rings is 1. The van der Waals surface area contributed by atoms with Gasteiger partial charge in [-0.2, -0.15) is 0 Å². The van der Waals surface area contributed by atoms with Crippen molar-refractivity contribution in [2.75, 3.05) is 4.90 Å². The second-order valence-electron chi connectivity index (χ2n) is 10.4. The maximum Gasteiger partial charge on any atom is 0.124 e. The standard InChI is InChI=1S/C37H22N2S2/c1-3-11-23(12-4-1)37-38-35-28-17-9-13-24-21-26(22-29(33(24)28)36(35)41-37)39(25-14-5-2-6-15-25)30-18-10-20-32-34(30)27-16-7-8-19-31(27)40-32/h1-22H. The Morgan fingerprint density at radius 2 is 1.29 bits per heavy atom. The molecule has 0 saturated carbocycles. The van der Waals surface area contributed by atoms with E-state index in [1.807, 2.05) is 11.3 Å². The van der Waals surface area contributed by atoms with Crippen LogP contribution in [0.25, 0.3) is 63.2 Å². The smallest absolute Gasteiger partial charge is 0.124 e. The molecule has 6 aromatic carbocycles. The van der Waals surface area contributed by atoms with Gasteiger partial charge in [0.2, 0.25) is 0 Å². The van der Waals surface area contributed by atoms with Gasteiger partial charge in [0, 0.05) is 48.2 Å². The highest BCUT2D eigenvalue weighted by molar-refractivity contribution is 7.26. The number of para-hydroxylation sites is 1. The van der Waals surface area contributed by atoms with Crippen molar-refractivity contribution in [3.63, 3.8) is 0 Å². The predicted molar refractivity (Wildman–Crippen MR) is 177 cm³/mol. The fraction of sp³-hybridized carbons (Fsp3) is 0. The van der Waals surface area contributed by atoms with Gasteiger partial charge in [0.05, 0.1) is 16.3 Å². The van der Waals surface area contributed by atoms with E-state index in [0.717, 1.165) is 22.1 Å². The van der Waals surface area contributed by atoms with Crippen LogP contribution < -0.4 is 4.90 Å². The lowest BCUT2D eigenvalue weighted by molar-refractivity contribution is 1.31. The van der Waals surface area contributed by atoms with Gasteiger partial charge in [-0.05, 0) is 53.2 Å². The van der Waals surface area contributed by atoms with Crippen molar-refractivity contribution in [2.45, 2.75) is 0 Å². The second kappa shape index (κ2) is 8.87. The Balaban J connectivity index is 1.32. The summed E-state index contributed by atoms with van der Waals surface area (Å²) in [6, 6.07) is 48.1. The molecule has 0 radical (unpaired) electrons. The van der Waals surface area contributed by atoms with Gasteiger partial charge in [0.25, 0.3) is 0 Å². The molecule has 0 saturated heterocycles. The molecule has 0 atom stereocenters. The normalized spacial score (nSPS) is 11.9. The molecule has 0 N–H and O–H groups in total. The Kier molecular flexibility index (Phi) is 4.97. The number of aromatic nitrogens is 1. The van der Waals surface area contributed by atoms with E-state index in [9.17, 15) is 0 Å². The number of benzene rings is 6. The van der Waals surface area contributed by atoms with E-state index >= 15 is 0 Å². The Hall–Kier alpha value is -4.77. The average molecular weight is 559 g/mol. The summed E-state index contributed by atoms with van der Waals surface area (Å²) in [5, 5.41) is 6.21. The van der Waals surface area contributed by atoms with E-state index in [2.05, 4.69) is 138 Å².